The van der Waals surface area contributed by atoms with Crippen LogP contribution in [0.4, 0.5) is 0 Å². The highest BCUT2D eigenvalue weighted by molar-refractivity contribution is 5.82. The number of carbonyl (C=O) groups excluding carboxylic acids is 1. The molecule has 1 aromatic heterocycles. The molecule has 0 radical (unpaired) electrons. The Bertz CT molecular complexity index is 403. The first-order valence-corrected chi connectivity index (χ1v) is 7.18. The molecule has 4 nitrogen and oxygen atoms in total. The highest BCUT2D eigenvalue weighted by atomic mass is 16.2. The second-order valence-electron chi connectivity index (χ2n) is 5.00. The van der Waals surface area contributed by atoms with Crippen molar-refractivity contribution < 1.29 is 4.79 Å². The van der Waals surface area contributed by atoms with Crippen LogP contribution in [0.3, 0.4) is 0 Å². The average Bonchev–Trinajstić information content (AvgIpc) is 2.89. The van der Waals surface area contributed by atoms with Crippen LogP contribution in [0.15, 0.2) is 24.5 Å². The first-order chi connectivity index (χ1) is 9.26. The summed E-state index contributed by atoms with van der Waals surface area (Å²) in [6.07, 6.45) is 5.76. The summed E-state index contributed by atoms with van der Waals surface area (Å²) in [5, 5.41) is 0. The molecular weight excluding hydrogens is 238 g/mol. The van der Waals surface area contributed by atoms with Gasteiger partial charge in [0, 0.05) is 32.0 Å². The number of hydrogen-bond donors (Lipinski definition) is 0. The first-order valence-electron chi connectivity index (χ1n) is 7.18. The van der Waals surface area contributed by atoms with Crippen molar-refractivity contribution in [1.29, 1.82) is 0 Å². The number of likely N-dealkylation sites (tertiary alicyclic amines) is 1. The zero-order valence-electron chi connectivity index (χ0n) is 11.9. The van der Waals surface area contributed by atoms with E-state index in [0.29, 0.717) is 0 Å². The van der Waals surface area contributed by atoms with E-state index in [-0.39, 0.29) is 11.9 Å². The van der Waals surface area contributed by atoms with Gasteiger partial charge >= 0.3 is 0 Å². The quantitative estimate of drug-likeness (QED) is 0.812. The van der Waals surface area contributed by atoms with Crippen LogP contribution in [0.1, 0.15) is 32.3 Å². The fraction of sp³-hybridized carbons (Fsp3) is 0.600. The molecule has 0 aliphatic carbocycles. The minimum Gasteiger partial charge on any atom is -0.342 e. The van der Waals surface area contributed by atoms with Crippen molar-refractivity contribution in [2.75, 3.05) is 19.6 Å². The van der Waals surface area contributed by atoms with Crippen LogP contribution >= 0.6 is 0 Å². The third-order valence-electron chi connectivity index (χ3n) is 3.83. The maximum absolute atomic E-state index is 12.5. The topological polar surface area (TPSA) is 36.4 Å². The van der Waals surface area contributed by atoms with Crippen LogP contribution < -0.4 is 0 Å². The van der Waals surface area contributed by atoms with E-state index < -0.39 is 0 Å². The first kappa shape index (κ1) is 14.0. The predicted molar refractivity (Wildman–Crippen MR) is 75.6 cm³/mol. The molecule has 1 aliphatic heterocycles. The number of aromatic nitrogens is 1. The number of amides is 1. The lowest BCUT2D eigenvalue weighted by atomic mass is 10.1. The van der Waals surface area contributed by atoms with E-state index in [0.717, 1.165) is 39.0 Å². The van der Waals surface area contributed by atoms with Crippen molar-refractivity contribution in [3.63, 3.8) is 0 Å². The third-order valence-corrected chi connectivity index (χ3v) is 3.83. The third kappa shape index (κ3) is 3.32. The summed E-state index contributed by atoms with van der Waals surface area (Å²) in [5.41, 5.74) is 1.18. The smallest absolute Gasteiger partial charge is 0.239 e. The molecule has 0 bridgehead atoms. The van der Waals surface area contributed by atoms with Crippen LogP contribution in [0.25, 0.3) is 0 Å². The zero-order valence-corrected chi connectivity index (χ0v) is 11.9. The molecular formula is C15H23N3O. The summed E-state index contributed by atoms with van der Waals surface area (Å²) in [6.45, 7) is 7.51. The summed E-state index contributed by atoms with van der Waals surface area (Å²) in [6, 6.07) is 4.08. The Labute approximate surface area is 115 Å². The van der Waals surface area contributed by atoms with E-state index in [1.54, 1.807) is 6.20 Å². The Morgan fingerprint density at radius 2 is 2.26 bits per heavy atom. The molecule has 1 aromatic rings. The standard InChI is InChI=1S/C15H23N3O/c1-3-17(4-2)15(19)14-8-6-10-18(14)12-13-7-5-9-16-11-13/h5,7,9,11,14H,3-4,6,8,10,12H2,1-2H3. The maximum atomic E-state index is 12.5. The van der Waals surface area contributed by atoms with Gasteiger partial charge in [-0.1, -0.05) is 6.07 Å². The highest BCUT2D eigenvalue weighted by Gasteiger charge is 2.32. The predicted octanol–water partition coefficient (Wildman–Crippen LogP) is 1.91. The summed E-state index contributed by atoms with van der Waals surface area (Å²) < 4.78 is 0. The Morgan fingerprint density at radius 3 is 2.89 bits per heavy atom. The van der Waals surface area contributed by atoms with Gasteiger partial charge < -0.3 is 4.90 Å². The zero-order chi connectivity index (χ0) is 13.7. The number of carbonyl (C=O) groups is 1. The van der Waals surface area contributed by atoms with Gasteiger partial charge in [-0.15, -0.1) is 0 Å². The normalized spacial score (nSPS) is 19.6. The molecule has 1 fully saturated rings. The second kappa shape index (κ2) is 6.66. The maximum Gasteiger partial charge on any atom is 0.239 e. The van der Waals surface area contributed by atoms with E-state index >= 15 is 0 Å². The number of hydrogen-bond acceptors (Lipinski definition) is 3. The van der Waals surface area contributed by atoms with Crippen molar-refractivity contribution in [1.82, 2.24) is 14.8 Å². The fourth-order valence-corrected chi connectivity index (χ4v) is 2.77. The molecule has 0 spiro atoms. The molecule has 1 amide bonds. The molecule has 4 heteroatoms. The Hall–Kier alpha value is -1.42. The molecule has 19 heavy (non-hydrogen) atoms. The molecule has 0 aromatic carbocycles. The molecule has 1 saturated heterocycles. The van der Waals surface area contributed by atoms with E-state index in [4.69, 9.17) is 0 Å². The van der Waals surface area contributed by atoms with Crippen molar-refractivity contribution in [3.8, 4) is 0 Å². The van der Waals surface area contributed by atoms with Crippen LogP contribution in [0, 0.1) is 0 Å². The molecule has 1 unspecified atom stereocenters. The van der Waals surface area contributed by atoms with Crippen molar-refractivity contribution in [3.05, 3.63) is 30.1 Å². The summed E-state index contributed by atoms with van der Waals surface area (Å²) in [5.74, 6) is 0.284. The second-order valence-corrected chi connectivity index (χ2v) is 5.00. The number of likely N-dealkylation sites (N-methyl/N-ethyl adjacent to an activating group) is 1. The minimum absolute atomic E-state index is 0.0557. The Morgan fingerprint density at radius 1 is 1.47 bits per heavy atom. The molecule has 2 rings (SSSR count). The average molecular weight is 261 g/mol. The number of rotatable bonds is 5. The van der Waals surface area contributed by atoms with Gasteiger partial charge in [0.15, 0.2) is 0 Å². The summed E-state index contributed by atoms with van der Waals surface area (Å²) >= 11 is 0. The Balaban J connectivity index is 2.02. The SMILES string of the molecule is CCN(CC)C(=O)C1CCCN1Cc1cccnc1. The Kier molecular flexibility index (Phi) is 4.91. The van der Waals surface area contributed by atoms with Gasteiger partial charge in [0.25, 0.3) is 0 Å². The number of nitrogens with zero attached hydrogens (tertiary/aromatic N) is 3. The van der Waals surface area contributed by atoms with E-state index in [2.05, 4.69) is 16.0 Å². The van der Waals surface area contributed by atoms with Gasteiger partial charge in [0.2, 0.25) is 5.91 Å². The fourth-order valence-electron chi connectivity index (χ4n) is 2.77. The van der Waals surface area contributed by atoms with Crippen molar-refractivity contribution in [2.45, 2.75) is 39.3 Å². The van der Waals surface area contributed by atoms with Crippen molar-refractivity contribution >= 4 is 5.91 Å². The molecule has 2 heterocycles. The molecule has 0 saturated carbocycles. The van der Waals surface area contributed by atoms with Gasteiger partial charge in [-0.25, -0.2) is 0 Å². The van der Waals surface area contributed by atoms with Gasteiger partial charge in [-0.2, -0.15) is 0 Å². The lowest BCUT2D eigenvalue weighted by Crippen LogP contribution is -2.45. The number of pyridine rings is 1. The van der Waals surface area contributed by atoms with Crippen LogP contribution in [0.5, 0.6) is 0 Å². The van der Waals surface area contributed by atoms with Crippen LogP contribution in [-0.4, -0.2) is 46.4 Å². The van der Waals surface area contributed by atoms with E-state index in [1.807, 2.05) is 31.0 Å². The monoisotopic (exact) mass is 261 g/mol. The lowest BCUT2D eigenvalue weighted by Gasteiger charge is -2.28. The molecule has 104 valence electrons. The molecule has 1 atom stereocenters. The molecule has 0 N–H and O–H groups in total. The van der Waals surface area contributed by atoms with Gasteiger partial charge in [0.05, 0.1) is 6.04 Å². The highest BCUT2D eigenvalue weighted by Crippen LogP contribution is 2.21. The van der Waals surface area contributed by atoms with Crippen LogP contribution in [-0.2, 0) is 11.3 Å². The van der Waals surface area contributed by atoms with Crippen LogP contribution in [0.2, 0.25) is 0 Å². The van der Waals surface area contributed by atoms with Crippen molar-refractivity contribution in [2.24, 2.45) is 0 Å². The summed E-state index contributed by atoms with van der Waals surface area (Å²) in [7, 11) is 0. The minimum atomic E-state index is 0.0557. The van der Waals surface area contributed by atoms with E-state index in [9.17, 15) is 4.79 Å². The summed E-state index contributed by atoms with van der Waals surface area (Å²) in [4.78, 5) is 20.8. The van der Waals surface area contributed by atoms with Gasteiger partial charge in [0.1, 0.15) is 0 Å². The largest absolute Gasteiger partial charge is 0.342 e. The lowest BCUT2D eigenvalue weighted by molar-refractivity contribution is -0.135. The van der Waals surface area contributed by atoms with Gasteiger partial charge in [-0.05, 0) is 44.9 Å². The molecule has 1 aliphatic rings. The van der Waals surface area contributed by atoms with Gasteiger partial charge in [-0.3, -0.25) is 14.7 Å². The van der Waals surface area contributed by atoms with E-state index in [1.165, 1.54) is 5.56 Å².